The Labute approximate surface area is 120 Å². The summed E-state index contributed by atoms with van der Waals surface area (Å²) in [6.45, 7) is -2.06. The Morgan fingerprint density at radius 3 is 2.18 bits per heavy atom. The standard InChI is InChI=1S/C12H10F6N2O2/c13-11(14,15)7-3-1-2-4-8(7)19-9(21)20-5-10(22,6-20)12(16,17)18/h1-4,22H,5-6H2,(H,19,21). The van der Waals surface area contributed by atoms with Crippen molar-refractivity contribution >= 4 is 11.7 Å². The SMILES string of the molecule is O=C(Nc1ccccc1C(F)(F)F)N1CC(O)(C(F)(F)F)C1. The summed E-state index contributed by atoms with van der Waals surface area (Å²) >= 11 is 0. The number of carbonyl (C=O) groups excluding carboxylic acids is 1. The zero-order valence-corrected chi connectivity index (χ0v) is 10.8. The van der Waals surface area contributed by atoms with E-state index in [0.29, 0.717) is 4.90 Å². The average molecular weight is 328 g/mol. The van der Waals surface area contributed by atoms with E-state index in [1.54, 1.807) is 0 Å². The second kappa shape index (κ2) is 5.04. The van der Waals surface area contributed by atoms with Gasteiger partial charge in [0.1, 0.15) is 0 Å². The minimum Gasteiger partial charge on any atom is -0.378 e. The number of anilines is 1. The summed E-state index contributed by atoms with van der Waals surface area (Å²) in [5, 5.41) is 11.1. The number of alkyl halides is 6. The van der Waals surface area contributed by atoms with Gasteiger partial charge in [-0.15, -0.1) is 0 Å². The maximum Gasteiger partial charge on any atom is 0.420 e. The highest BCUT2D eigenvalue weighted by Gasteiger charge is 2.62. The first-order chi connectivity index (χ1) is 9.94. The fourth-order valence-corrected chi connectivity index (χ4v) is 1.94. The van der Waals surface area contributed by atoms with Crippen LogP contribution in [0.2, 0.25) is 0 Å². The summed E-state index contributed by atoms with van der Waals surface area (Å²) in [6.07, 6.45) is -9.63. The fourth-order valence-electron chi connectivity index (χ4n) is 1.94. The highest BCUT2D eigenvalue weighted by molar-refractivity contribution is 5.91. The number of halogens is 6. The van der Waals surface area contributed by atoms with Crippen LogP contribution in [0.3, 0.4) is 0 Å². The van der Waals surface area contributed by atoms with E-state index in [1.807, 2.05) is 5.32 Å². The molecule has 1 aliphatic rings. The molecule has 1 aromatic carbocycles. The van der Waals surface area contributed by atoms with Crippen LogP contribution in [0.4, 0.5) is 36.8 Å². The molecule has 0 spiro atoms. The third kappa shape index (κ3) is 2.96. The molecule has 0 unspecified atom stereocenters. The first-order valence-corrected chi connectivity index (χ1v) is 5.95. The number of aliphatic hydroxyl groups is 1. The van der Waals surface area contributed by atoms with Crippen LogP contribution in [-0.2, 0) is 6.18 Å². The summed E-state index contributed by atoms with van der Waals surface area (Å²) in [5.74, 6) is 0. The van der Waals surface area contributed by atoms with Gasteiger partial charge in [-0.25, -0.2) is 4.79 Å². The molecular weight excluding hydrogens is 318 g/mol. The van der Waals surface area contributed by atoms with Crippen molar-refractivity contribution in [2.75, 3.05) is 18.4 Å². The number of rotatable bonds is 1. The van der Waals surface area contributed by atoms with E-state index in [-0.39, 0.29) is 0 Å². The van der Waals surface area contributed by atoms with Crippen LogP contribution in [-0.4, -0.2) is 40.9 Å². The molecule has 2 N–H and O–H groups in total. The van der Waals surface area contributed by atoms with Gasteiger partial charge in [-0.3, -0.25) is 0 Å². The molecule has 1 heterocycles. The number of hydrogen-bond donors (Lipinski definition) is 2. The van der Waals surface area contributed by atoms with Gasteiger partial charge in [0.05, 0.1) is 24.3 Å². The number of para-hydroxylation sites is 1. The lowest BCUT2D eigenvalue weighted by atomic mass is 9.94. The molecule has 0 atom stereocenters. The predicted octanol–water partition coefficient (Wildman–Crippen LogP) is 2.85. The van der Waals surface area contributed by atoms with E-state index < -0.39 is 48.3 Å². The van der Waals surface area contributed by atoms with Gasteiger partial charge in [-0.05, 0) is 12.1 Å². The Hall–Kier alpha value is -1.97. The lowest BCUT2D eigenvalue weighted by molar-refractivity contribution is -0.293. The molecule has 22 heavy (non-hydrogen) atoms. The number of nitrogens with zero attached hydrogens (tertiary/aromatic N) is 1. The Morgan fingerprint density at radius 2 is 1.68 bits per heavy atom. The predicted molar refractivity (Wildman–Crippen MR) is 63.0 cm³/mol. The highest BCUT2D eigenvalue weighted by atomic mass is 19.4. The lowest BCUT2D eigenvalue weighted by Gasteiger charge is -2.46. The summed E-state index contributed by atoms with van der Waals surface area (Å²) in [5.41, 5.74) is -4.70. The summed E-state index contributed by atoms with van der Waals surface area (Å²) in [4.78, 5) is 12.2. The number of nitrogens with one attached hydrogen (secondary N) is 1. The molecule has 122 valence electrons. The normalized spacial score (nSPS) is 17.9. The van der Waals surface area contributed by atoms with Crippen molar-refractivity contribution in [1.29, 1.82) is 0 Å². The fraction of sp³-hybridized carbons (Fsp3) is 0.417. The average Bonchev–Trinajstić information content (AvgIpc) is 2.32. The van der Waals surface area contributed by atoms with E-state index in [1.165, 1.54) is 6.07 Å². The first-order valence-electron chi connectivity index (χ1n) is 5.95. The van der Waals surface area contributed by atoms with Crippen molar-refractivity contribution in [2.45, 2.75) is 18.0 Å². The molecule has 2 amide bonds. The topological polar surface area (TPSA) is 52.6 Å². The number of likely N-dealkylation sites (tertiary alicyclic amines) is 1. The number of benzene rings is 1. The van der Waals surface area contributed by atoms with Crippen molar-refractivity contribution in [2.24, 2.45) is 0 Å². The largest absolute Gasteiger partial charge is 0.420 e. The molecule has 4 nitrogen and oxygen atoms in total. The van der Waals surface area contributed by atoms with Crippen LogP contribution in [0.25, 0.3) is 0 Å². The van der Waals surface area contributed by atoms with E-state index in [2.05, 4.69) is 0 Å². The van der Waals surface area contributed by atoms with Gasteiger partial charge < -0.3 is 15.3 Å². The number of amides is 2. The van der Waals surface area contributed by atoms with Crippen molar-refractivity contribution in [3.05, 3.63) is 29.8 Å². The molecule has 0 bridgehead atoms. The van der Waals surface area contributed by atoms with Gasteiger partial charge in [0.2, 0.25) is 0 Å². The number of hydrogen-bond acceptors (Lipinski definition) is 2. The van der Waals surface area contributed by atoms with Crippen LogP contribution < -0.4 is 5.32 Å². The quantitative estimate of drug-likeness (QED) is 0.779. The minimum atomic E-state index is -4.91. The second-order valence-electron chi connectivity index (χ2n) is 4.86. The molecule has 2 rings (SSSR count). The molecule has 1 aliphatic heterocycles. The first kappa shape index (κ1) is 16.4. The number of urea groups is 1. The number of carbonyl (C=O) groups is 1. The Balaban J connectivity index is 2.07. The van der Waals surface area contributed by atoms with Gasteiger partial charge >= 0.3 is 18.4 Å². The van der Waals surface area contributed by atoms with Gasteiger partial charge in [0, 0.05) is 0 Å². The maximum absolute atomic E-state index is 12.7. The molecule has 1 saturated heterocycles. The van der Waals surface area contributed by atoms with Crippen LogP contribution in [0.1, 0.15) is 5.56 Å². The van der Waals surface area contributed by atoms with Crippen LogP contribution in [0, 0.1) is 0 Å². The van der Waals surface area contributed by atoms with Gasteiger partial charge in [-0.2, -0.15) is 26.3 Å². The third-order valence-corrected chi connectivity index (χ3v) is 3.19. The molecule has 0 saturated carbocycles. The lowest BCUT2D eigenvalue weighted by Crippen LogP contribution is -2.70. The smallest absolute Gasteiger partial charge is 0.378 e. The summed E-state index contributed by atoms with van der Waals surface area (Å²) in [7, 11) is 0. The van der Waals surface area contributed by atoms with Crippen LogP contribution >= 0.6 is 0 Å². The summed E-state index contributed by atoms with van der Waals surface area (Å²) in [6, 6.07) is 2.93. The summed E-state index contributed by atoms with van der Waals surface area (Å²) < 4.78 is 75.4. The van der Waals surface area contributed by atoms with E-state index in [0.717, 1.165) is 18.2 Å². The Bertz CT molecular complexity index is 578. The van der Waals surface area contributed by atoms with Crippen LogP contribution in [0.15, 0.2) is 24.3 Å². The molecule has 0 aromatic heterocycles. The van der Waals surface area contributed by atoms with Crippen molar-refractivity contribution in [3.63, 3.8) is 0 Å². The van der Waals surface area contributed by atoms with E-state index in [9.17, 15) is 36.2 Å². The zero-order chi connectivity index (χ0) is 16.8. The van der Waals surface area contributed by atoms with Crippen molar-refractivity contribution < 1.29 is 36.2 Å². The monoisotopic (exact) mass is 328 g/mol. The second-order valence-corrected chi connectivity index (χ2v) is 4.86. The molecule has 1 aromatic rings. The van der Waals surface area contributed by atoms with Crippen molar-refractivity contribution in [1.82, 2.24) is 4.90 Å². The molecule has 10 heteroatoms. The van der Waals surface area contributed by atoms with Crippen molar-refractivity contribution in [3.8, 4) is 0 Å². The Morgan fingerprint density at radius 1 is 1.14 bits per heavy atom. The minimum absolute atomic E-state index is 0.567. The molecule has 0 aliphatic carbocycles. The zero-order valence-electron chi connectivity index (χ0n) is 10.8. The van der Waals surface area contributed by atoms with Gasteiger partial charge in [-0.1, -0.05) is 12.1 Å². The van der Waals surface area contributed by atoms with Gasteiger partial charge in [0.25, 0.3) is 0 Å². The molecule has 1 fully saturated rings. The molecular formula is C12H10F6N2O2. The highest BCUT2D eigenvalue weighted by Crippen LogP contribution is 2.38. The van der Waals surface area contributed by atoms with E-state index in [4.69, 9.17) is 0 Å². The van der Waals surface area contributed by atoms with E-state index >= 15 is 0 Å². The molecule has 0 radical (unpaired) electrons. The number of β-amino-alcohol motifs (C(OH)–C–C–N with tert-alkyl or cyclic N) is 1. The maximum atomic E-state index is 12.7. The Kier molecular flexibility index (Phi) is 3.76. The van der Waals surface area contributed by atoms with Crippen LogP contribution in [0.5, 0.6) is 0 Å². The van der Waals surface area contributed by atoms with Gasteiger partial charge in [0.15, 0.2) is 5.60 Å². The third-order valence-electron chi connectivity index (χ3n) is 3.19.